The molecule has 2 saturated heterocycles. The van der Waals surface area contributed by atoms with Gasteiger partial charge in [-0.05, 0) is 20.0 Å². The number of likely N-dealkylation sites (tertiary alicyclic amines) is 1. The lowest BCUT2D eigenvalue weighted by molar-refractivity contribution is 0.224. The second-order valence-corrected chi connectivity index (χ2v) is 3.38. The van der Waals surface area contributed by atoms with E-state index < -0.39 is 0 Å². The lowest BCUT2D eigenvalue weighted by Crippen LogP contribution is -2.48. The molecule has 2 rings (SSSR count). The van der Waals surface area contributed by atoms with Crippen LogP contribution in [0.1, 0.15) is 6.42 Å². The number of fused-ring (bicyclic) bond motifs is 1. The van der Waals surface area contributed by atoms with Crippen LogP contribution in [0, 0.1) is 0 Å². The highest BCUT2D eigenvalue weighted by atomic mass is 16.2. The molecule has 0 bridgehead atoms. The monoisotopic (exact) mass is 155 g/mol. The van der Waals surface area contributed by atoms with Gasteiger partial charge in [0.1, 0.15) is 0 Å². The number of hydrogen-bond donors (Lipinski definition) is 2. The third kappa shape index (κ3) is 1.18. The summed E-state index contributed by atoms with van der Waals surface area (Å²) < 4.78 is 0. The largest absolute Gasteiger partial charge is 0.333 e. The summed E-state index contributed by atoms with van der Waals surface area (Å²) in [6, 6.07) is 0.704. The number of piperidine rings is 1. The summed E-state index contributed by atoms with van der Waals surface area (Å²) in [5, 5.41) is 5.79. The highest BCUT2D eigenvalue weighted by Gasteiger charge is 2.34. The maximum atomic E-state index is 10.9. The van der Waals surface area contributed by atoms with E-state index in [-0.39, 0.29) is 6.03 Å². The van der Waals surface area contributed by atoms with Crippen LogP contribution < -0.4 is 10.6 Å². The first-order valence-corrected chi connectivity index (χ1v) is 4.01. The minimum Gasteiger partial charge on any atom is -0.333 e. The van der Waals surface area contributed by atoms with Crippen LogP contribution in [0.3, 0.4) is 0 Å². The number of nitrogens with zero attached hydrogens (tertiary/aromatic N) is 1. The topological polar surface area (TPSA) is 44.4 Å². The Morgan fingerprint density at radius 1 is 1.45 bits per heavy atom. The van der Waals surface area contributed by atoms with E-state index in [0.717, 1.165) is 19.5 Å². The maximum Gasteiger partial charge on any atom is 0.315 e. The number of amides is 2. The van der Waals surface area contributed by atoms with E-state index in [1.807, 2.05) is 0 Å². The Bertz CT molecular complexity index is 183. The van der Waals surface area contributed by atoms with Crippen LogP contribution in [-0.4, -0.2) is 43.2 Å². The fourth-order valence-corrected chi connectivity index (χ4v) is 1.81. The van der Waals surface area contributed by atoms with Crippen LogP contribution in [0.15, 0.2) is 0 Å². The number of nitrogens with one attached hydrogen (secondary N) is 2. The molecule has 4 heteroatoms. The van der Waals surface area contributed by atoms with Gasteiger partial charge in [-0.3, -0.25) is 0 Å². The van der Waals surface area contributed by atoms with Gasteiger partial charge in [-0.1, -0.05) is 0 Å². The van der Waals surface area contributed by atoms with Gasteiger partial charge in [-0.2, -0.15) is 0 Å². The number of hydrogen-bond acceptors (Lipinski definition) is 2. The smallest absolute Gasteiger partial charge is 0.315 e. The summed E-state index contributed by atoms with van der Waals surface area (Å²) in [5.74, 6) is 0. The molecule has 4 nitrogen and oxygen atoms in total. The molecule has 0 aliphatic carbocycles. The van der Waals surface area contributed by atoms with Crippen molar-refractivity contribution in [3.63, 3.8) is 0 Å². The third-order valence-electron chi connectivity index (χ3n) is 2.45. The molecule has 0 radical (unpaired) electrons. The van der Waals surface area contributed by atoms with Crippen molar-refractivity contribution < 1.29 is 4.79 Å². The number of urea groups is 1. The second kappa shape index (κ2) is 2.37. The molecule has 2 fully saturated rings. The second-order valence-electron chi connectivity index (χ2n) is 3.38. The highest BCUT2D eigenvalue weighted by molar-refractivity contribution is 5.77. The first-order valence-electron chi connectivity index (χ1n) is 4.01. The third-order valence-corrected chi connectivity index (χ3v) is 2.45. The number of carbonyl (C=O) groups excluding carboxylic acids is 1. The van der Waals surface area contributed by atoms with E-state index in [1.165, 1.54) is 0 Å². The molecular weight excluding hydrogens is 142 g/mol. The van der Waals surface area contributed by atoms with E-state index in [4.69, 9.17) is 0 Å². The molecule has 0 aromatic rings. The van der Waals surface area contributed by atoms with E-state index in [1.54, 1.807) is 0 Å². The SMILES string of the molecule is CN1CCC2NC(=O)NC2C1. The lowest BCUT2D eigenvalue weighted by atomic mass is 10.0. The molecule has 2 amide bonds. The fraction of sp³-hybridized carbons (Fsp3) is 0.857. The van der Waals surface area contributed by atoms with Gasteiger partial charge >= 0.3 is 6.03 Å². The minimum atomic E-state index is -0.00435. The molecule has 0 aromatic heterocycles. The van der Waals surface area contributed by atoms with E-state index in [9.17, 15) is 4.79 Å². The molecule has 2 aliphatic rings. The van der Waals surface area contributed by atoms with Crippen molar-refractivity contribution in [2.24, 2.45) is 0 Å². The van der Waals surface area contributed by atoms with Crippen molar-refractivity contribution in [2.45, 2.75) is 18.5 Å². The van der Waals surface area contributed by atoms with Crippen LogP contribution in [0.2, 0.25) is 0 Å². The predicted molar refractivity (Wildman–Crippen MR) is 41.4 cm³/mol. The van der Waals surface area contributed by atoms with Crippen molar-refractivity contribution in [1.29, 1.82) is 0 Å². The molecule has 2 atom stereocenters. The number of carbonyl (C=O) groups is 1. The van der Waals surface area contributed by atoms with Gasteiger partial charge in [0.15, 0.2) is 0 Å². The van der Waals surface area contributed by atoms with Crippen molar-refractivity contribution >= 4 is 6.03 Å². The van der Waals surface area contributed by atoms with Crippen LogP contribution in [0.5, 0.6) is 0 Å². The lowest BCUT2D eigenvalue weighted by Gasteiger charge is -2.30. The normalized spacial score (nSPS) is 37.7. The van der Waals surface area contributed by atoms with Gasteiger partial charge < -0.3 is 15.5 Å². The molecule has 0 aromatic carbocycles. The summed E-state index contributed by atoms with van der Waals surface area (Å²) >= 11 is 0. The average Bonchev–Trinajstić information content (AvgIpc) is 2.27. The zero-order valence-corrected chi connectivity index (χ0v) is 6.63. The van der Waals surface area contributed by atoms with Crippen molar-refractivity contribution in [1.82, 2.24) is 15.5 Å². The van der Waals surface area contributed by atoms with Crippen LogP contribution >= 0.6 is 0 Å². The molecule has 62 valence electrons. The molecular formula is C7H13N3O. The van der Waals surface area contributed by atoms with Gasteiger partial charge in [0.2, 0.25) is 0 Å². The number of likely N-dealkylation sites (N-methyl/N-ethyl adjacent to an activating group) is 1. The standard InChI is InChI=1S/C7H13N3O/c1-10-3-2-5-6(4-10)9-7(11)8-5/h5-6H,2-4H2,1H3,(H2,8,9,11). The Labute approximate surface area is 65.9 Å². The van der Waals surface area contributed by atoms with Crippen molar-refractivity contribution in [3.05, 3.63) is 0 Å². The Kier molecular flexibility index (Phi) is 1.49. The summed E-state index contributed by atoms with van der Waals surface area (Å²) in [7, 11) is 2.08. The number of rotatable bonds is 0. The van der Waals surface area contributed by atoms with Gasteiger partial charge in [0, 0.05) is 6.54 Å². The Morgan fingerprint density at radius 2 is 2.18 bits per heavy atom. The molecule has 0 saturated carbocycles. The zero-order chi connectivity index (χ0) is 7.84. The maximum absolute atomic E-state index is 10.9. The highest BCUT2D eigenvalue weighted by Crippen LogP contribution is 2.12. The van der Waals surface area contributed by atoms with Crippen molar-refractivity contribution in [3.8, 4) is 0 Å². The van der Waals surface area contributed by atoms with Gasteiger partial charge in [0.25, 0.3) is 0 Å². The summed E-state index contributed by atoms with van der Waals surface area (Å²) in [5.41, 5.74) is 0. The van der Waals surface area contributed by atoms with Gasteiger partial charge in [-0.25, -0.2) is 4.79 Å². The molecule has 2 N–H and O–H groups in total. The zero-order valence-electron chi connectivity index (χ0n) is 6.63. The first-order chi connectivity index (χ1) is 5.25. The Morgan fingerprint density at radius 3 is 3.00 bits per heavy atom. The molecule has 11 heavy (non-hydrogen) atoms. The van der Waals surface area contributed by atoms with Gasteiger partial charge in [0.05, 0.1) is 12.1 Å². The van der Waals surface area contributed by atoms with E-state index in [0.29, 0.717) is 12.1 Å². The first kappa shape index (κ1) is 6.91. The molecule has 0 spiro atoms. The predicted octanol–water partition coefficient (Wildman–Crippen LogP) is -0.628. The summed E-state index contributed by atoms with van der Waals surface area (Å²) in [6.45, 7) is 2.06. The van der Waals surface area contributed by atoms with E-state index in [2.05, 4.69) is 22.6 Å². The Balaban J connectivity index is 2.02. The molecule has 2 aliphatic heterocycles. The minimum absolute atomic E-state index is 0.00435. The summed E-state index contributed by atoms with van der Waals surface area (Å²) in [4.78, 5) is 13.1. The van der Waals surface area contributed by atoms with Crippen LogP contribution in [-0.2, 0) is 0 Å². The van der Waals surface area contributed by atoms with Gasteiger partial charge in [-0.15, -0.1) is 0 Å². The van der Waals surface area contributed by atoms with E-state index >= 15 is 0 Å². The molecule has 2 heterocycles. The summed E-state index contributed by atoms with van der Waals surface area (Å²) in [6.07, 6.45) is 1.07. The van der Waals surface area contributed by atoms with Crippen molar-refractivity contribution in [2.75, 3.05) is 20.1 Å². The van der Waals surface area contributed by atoms with Crippen LogP contribution in [0.4, 0.5) is 4.79 Å². The fourth-order valence-electron chi connectivity index (χ4n) is 1.81. The quantitative estimate of drug-likeness (QED) is 0.489. The van der Waals surface area contributed by atoms with Crippen LogP contribution in [0.25, 0.3) is 0 Å². The Hall–Kier alpha value is -0.770. The average molecular weight is 155 g/mol. The molecule has 2 unspecified atom stereocenters.